The first kappa shape index (κ1) is 21.9. The molecule has 33 heavy (non-hydrogen) atoms. The molecule has 0 saturated carbocycles. The van der Waals surface area contributed by atoms with Gasteiger partial charge in [-0.1, -0.05) is 17.3 Å². The van der Waals surface area contributed by atoms with Crippen molar-refractivity contribution in [2.75, 3.05) is 26.2 Å². The van der Waals surface area contributed by atoms with E-state index in [1.54, 1.807) is 49.4 Å². The van der Waals surface area contributed by atoms with Crippen molar-refractivity contribution < 1.29 is 33.4 Å². The van der Waals surface area contributed by atoms with Crippen LogP contribution in [-0.2, 0) is 9.59 Å². The van der Waals surface area contributed by atoms with Gasteiger partial charge in [0.1, 0.15) is 34.8 Å². The fourth-order valence-electron chi connectivity index (χ4n) is 3.81. The lowest BCUT2D eigenvalue weighted by Gasteiger charge is -2.24. The zero-order valence-electron chi connectivity index (χ0n) is 18.5. The van der Waals surface area contributed by atoms with Gasteiger partial charge in [0.2, 0.25) is 0 Å². The molecule has 9 nitrogen and oxygen atoms in total. The van der Waals surface area contributed by atoms with Crippen molar-refractivity contribution in [3.63, 3.8) is 0 Å². The van der Waals surface area contributed by atoms with Crippen LogP contribution in [0.5, 0.6) is 17.2 Å². The average molecular weight is 450 g/mol. The Balaban J connectivity index is 2.00. The maximum absolute atomic E-state index is 13.2. The third kappa shape index (κ3) is 3.78. The number of anilines is 1. The summed E-state index contributed by atoms with van der Waals surface area (Å²) in [4.78, 5) is 27.6. The molecular weight excluding hydrogens is 428 g/mol. The number of amides is 1. The molecule has 1 atom stereocenters. The summed E-state index contributed by atoms with van der Waals surface area (Å²) in [6.45, 7) is 1.67. The van der Waals surface area contributed by atoms with Crippen LogP contribution in [0.1, 0.15) is 22.9 Å². The maximum atomic E-state index is 13.2. The van der Waals surface area contributed by atoms with E-state index < -0.39 is 17.7 Å². The summed E-state index contributed by atoms with van der Waals surface area (Å²) >= 11 is 0. The van der Waals surface area contributed by atoms with Crippen molar-refractivity contribution in [1.29, 1.82) is 0 Å². The number of rotatable bonds is 6. The number of aromatic nitrogens is 1. The standard InChI is InChI=1S/C24H22N2O7/c1-13-10-19(25-33-13)26-21(17-12-16(31-3)8-9-18(17)32-4)20(23(28)24(26)29)22(27)14-6-5-7-15(11-14)30-2/h5-12,21,27H,1-4H3/b22-20+/t21-/m0/s1. The normalized spacial score (nSPS) is 17.3. The van der Waals surface area contributed by atoms with Crippen molar-refractivity contribution >= 4 is 23.3 Å². The van der Waals surface area contributed by atoms with Gasteiger partial charge >= 0.3 is 5.91 Å². The minimum Gasteiger partial charge on any atom is -0.507 e. The van der Waals surface area contributed by atoms with Crippen molar-refractivity contribution in [1.82, 2.24) is 5.16 Å². The summed E-state index contributed by atoms with van der Waals surface area (Å²) in [6.07, 6.45) is 0. The van der Waals surface area contributed by atoms with Crippen LogP contribution in [-0.4, -0.2) is 43.3 Å². The maximum Gasteiger partial charge on any atom is 0.301 e. The second-order valence-corrected chi connectivity index (χ2v) is 7.30. The van der Waals surface area contributed by atoms with E-state index in [1.807, 2.05) is 0 Å². The molecular formula is C24H22N2O7. The molecule has 1 saturated heterocycles. The highest BCUT2D eigenvalue weighted by Crippen LogP contribution is 2.45. The number of aliphatic hydroxyl groups is 1. The number of Topliss-reactive ketones (excluding diaryl/α,β-unsaturated/α-hetero) is 1. The van der Waals surface area contributed by atoms with Crippen molar-refractivity contribution in [2.45, 2.75) is 13.0 Å². The Kier molecular flexibility index (Phi) is 5.78. The fourth-order valence-corrected chi connectivity index (χ4v) is 3.81. The molecule has 1 aliphatic heterocycles. The van der Waals surface area contributed by atoms with Crippen LogP contribution in [0.15, 0.2) is 58.6 Å². The molecule has 2 aromatic carbocycles. The van der Waals surface area contributed by atoms with E-state index >= 15 is 0 Å². The van der Waals surface area contributed by atoms with Crippen molar-refractivity contribution in [3.05, 3.63) is 71.0 Å². The van der Waals surface area contributed by atoms with E-state index in [0.29, 0.717) is 34.1 Å². The molecule has 4 rings (SSSR count). The van der Waals surface area contributed by atoms with Crippen LogP contribution in [0.3, 0.4) is 0 Å². The Morgan fingerprint density at radius 3 is 2.36 bits per heavy atom. The molecule has 3 aromatic rings. The number of hydrogen-bond acceptors (Lipinski definition) is 8. The number of ether oxygens (including phenoxy) is 3. The summed E-state index contributed by atoms with van der Waals surface area (Å²) in [5, 5.41) is 15.2. The van der Waals surface area contributed by atoms with Crippen LogP contribution >= 0.6 is 0 Å². The number of aliphatic hydroxyl groups excluding tert-OH is 1. The number of methoxy groups -OCH3 is 3. The third-order valence-corrected chi connectivity index (χ3v) is 5.38. The van der Waals surface area contributed by atoms with E-state index in [-0.39, 0.29) is 17.2 Å². The summed E-state index contributed by atoms with van der Waals surface area (Å²) in [7, 11) is 4.46. The Morgan fingerprint density at radius 2 is 1.73 bits per heavy atom. The van der Waals surface area contributed by atoms with Gasteiger partial charge in [-0.3, -0.25) is 14.5 Å². The Hall–Kier alpha value is -4.27. The highest BCUT2D eigenvalue weighted by molar-refractivity contribution is 6.51. The first-order valence-electron chi connectivity index (χ1n) is 10.00. The zero-order chi connectivity index (χ0) is 23.7. The molecule has 1 aromatic heterocycles. The molecule has 0 unspecified atom stereocenters. The highest BCUT2D eigenvalue weighted by atomic mass is 16.5. The van der Waals surface area contributed by atoms with Gasteiger partial charge in [0.05, 0.1) is 26.9 Å². The molecule has 0 spiro atoms. The fraction of sp³-hybridized carbons (Fsp3) is 0.208. The molecule has 1 aliphatic rings. The summed E-state index contributed by atoms with van der Waals surface area (Å²) in [6, 6.07) is 12.1. The number of hydrogen-bond donors (Lipinski definition) is 1. The second-order valence-electron chi connectivity index (χ2n) is 7.30. The predicted octanol–water partition coefficient (Wildman–Crippen LogP) is 3.64. The van der Waals surface area contributed by atoms with Crippen LogP contribution in [0.25, 0.3) is 5.76 Å². The van der Waals surface area contributed by atoms with Crippen LogP contribution in [0, 0.1) is 6.92 Å². The topological polar surface area (TPSA) is 111 Å². The number of benzene rings is 2. The Morgan fingerprint density at radius 1 is 1.00 bits per heavy atom. The van der Waals surface area contributed by atoms with Crippen LogP contribution in [0.2, 0.25) is 0 Å². The number of nitrogens with zero attached hydrogens (tertiary/aromatic N) is 2. The van der Waals surface area contributed by atoms with Crippen molar-refractivity contribution in [2.24, 2.45) is 0 Å². The van der Waals surface area contributed by atoms with Gasteiger partial charge < -0.3 is 23.8 Å². The lowest BCUT2D eigenvalue weighted by molar-refractivity contribution is -0.132. The minimum atomic E-state index is -1.05. The molecule has 2 heterocycles. The second kappa shape index (κ2) is 8.70. The third-order valence-electron chi connectivity index (χ3n) is 5.38. The largest absolute Gasteiger partial charge is 0.507 e. The molecule has 0 radical (unpaired) electrons. The number of carbonyl (C=O) groups excluding carboxylic acids is 2. The Labute approximate surface area is 189 Å². The summed E-state index contributed by atoms with van der Waals surface area (Å²) in [5.74, 6) is -0.141. The summed E-state index contributed by atoms with van der Waals surface area (Å²) < 4.78 is 21.2. The SMILES string of the molecule is COc1cccc(/C(O)=C2\C(=O)C(=O)N(c3cc(C)on3)[C@H]2c2cc(OC)ccc2OC)c1. The van der Waals surface area contributed by atoms with E-state index in [2.05, 4.69) is 5.16 Å². The molecule has 9 heteroatoms. The van der Waals surface area contributed by atoms with Crippen molar-refractivity contribution in [3.8, 4) is 17.2 Å². The van der Waals surface area contributed by atoms with Gasteiger partial charge in [-0.15, -0.1) is 0 Å². The van der Waals surface area contributed by atoms with E-state index in [0.717, 1.165) is 0 Å². The number of ketones is 1. The quantitative estimate of drug-likeness (QED) is 0.344. The first-order chi connectivity index (χ1) is 15.9. The zero-order valence-corrected chi connectivity index (χ0v) is 18.5. The first-order valence-corrected chi connectivity index (χ1v) is 10.00. The smallest absolute Gasteiger partial charge is 0.301 e. The van der Waals surface area contributed by atoms with Gasteiger partial charge in [0.25, 0.3) is 5.78 Å². The molecule has 1 N–H and O–H groups in total. The molecule has 0 aliphatic carbocycles. The lowest BCUT2D eigenvalue weighted by atomic mass is 9.94. The van der Waals surface area contributed by atoms with E-state index in [1.165, 1.54) is 32.3 Å². The lowest BCUT2D eigenvalue weighted by Crippen LogP contribution is -2.30. The molecule has 0 bridgehead atoms. The van der Waals surface area contributed by atoms with Gasteiger partial charge in [0.15, 0.2) is 5.82 Å². The van der Waals surface area contributed by atoms with Crippen LogP contribution < -0.4 is 19.1 Å². The average Bonchev–Trinajstić information content (AvgIpc) is 3.38. The van der Waals surface area contributed by atoms with E-state index in [4.69, 9.17) is 18.7 Å². The predicted molar refractivity (Wildman–Crippen MR) is 119 cm³/mol. The van der Waals surface area contributed by atoms with E-state index in [9.17, 15) is 14.7 Å². The Bertz CT molecular complexity index is 1260. The molecule has 1 amide bonds. The number of carbonyl (C=O) groups is 2. The summed E-state index contributed by atoms with van der Waals surface area (Å²) in [5.41, 5.74) is 0.622. The van der Waals surface area contributed by atoms with Gasteiger partial charge in [-0.25, -0.2) is 0 Å². The number of aryl methyl sites for hydroxylation is 1. The molecule has 170 valence electrons. The molecule has 1 fully saturated rings. The minimum absolute atomic E-state index is 0.125. The monoisotopic (exact) mass is 450 g/mol. The van der Waals surface area contributed by atoms with Gasteiger partial charge in [-0.2, -0.15) is 0 Å². The highest BCUT2D eigenvalue weighted by Gasteiger charge is 2.49. The van der Waals surface area contributed by atoms with Gasteiger partial charge in [-0.05, 0) is 37.3 Å². The van der Waals surface area contributed by atoms with Gasteiger partial charge in [0, 0.05) is 17.2 Å². The van der Waals surface area contributed by atoms with Crippen LogP contribution in [0.4, 0.5) is 5.82 Å².